The van der Waals surface area contributed by atoms with Gasteiger partial charge in [-0.25, -0.2) is 0 Å². The molecule has 3 heteroatoms. The molecule has 0 saturated carbocycles. The smallest absolute Gasteiger partial charge is 0.0607 e. The largest absolute Gasteiger partial charge is 0.395 e. The molecular weight excluding hydrogens is 142 g/mol. The molecule has 0 unspecified atom stereocenters. The van der Waals surface area contributed by atoms with Gasteiger partial charge in [-0.15, -0.1) is 12.3 Å². The highest BCUT2D eigenvalue weighted by Crippen LogP contribution is 1.85. The van der Waals surface area contributed by atoms with E-state index in [9.17, 15) is 0 Å². The van der Waals surface area contributed by atoms with Crippen molar-refractivity contribution in [1.82, 2.24) is 5.32 Å². The molecule has 0 bridgehead atoms. The van der Waals surface area contributed by atoms with E-state index < -0.39 is 0 Å². The van der Waals surface area contributed by atoms with Gasteiger partial charge in [0.1, 0.15) is 0 Å². The first kappa shape index (κ1) is 10.4. The van der Waals surface area contributed by atoms with Gasteiger partial charge in [0.05, 0.1) is 19.3 Å². The third-order valence-corrected chi connectivity index (χ3v) is 1.37. The van der Waals surface area contributed by atoms with Crippen molar-refractivity contribution in [2.24, 2.45) is 0 Å². The highest BCUT2D eigenvalue weighted by molar-refractivity contribution is 4.83. The molecule has 0 aliphatic heterocycles. The van der Waals surface area contributed by atoms with Crippen LogP contribution in [0, 0.1) is 12.3 Å². The van der Waals surface area contributed by atoms with Crippen LogP contribution in [0.3, 0.4) is 0 Å². The van der Waals surface area contributed by atoms with Crippen LogP contribution in [-0.4, -0.2) is 36.0 Å². The first-order chi connectivity index (χ1) is 5.35. The quantitative estimate of drug-likeness (QED) is 0.354. The number of unbranched alkanes of at least 4 members (excludes halogenated alkanes) is 1. The van der Waals surface area contributed by atoms with Crippen molar-refractivity contribution in [1.29, 1.82) is 0 Å². The SMILES string of the molecule is C#CCCCNC(CO)CO. The second kappa shape index (κ2) is 7.55. The van der Waals surface area contributed by atoms with Gasteiger partial charge < -0.3 is 15.5 Å². The number of aliphatic hydroxyl groups is 2. The van der Waals surface area contributed by atoms with E-state index in [4.69, 9.17) is 16.6 Å². The van der Waals surface area contributed by atoms with Crippen LogP contribution in [0.2, 0.25) is 0 Å². The third kappa shape index (κ3) is 5.86. The van der Waals surface area contributed by atoms with E-state index in [1.54, 1.807) is 0 Å². The summed E-state index contributed by atoms with van der Waals surface area (Å²) in [5.41, 5.74) is 0. The summed E-state index contributed by atoms with van der Waals surface area (Å²) in [5, 5.41) is 20.2. The van der Waals surface area contributed by atoms with Gasteiger partial charge in [-0.1, -0.05) is 0 Å². The molecule has 0 atom stereocenters. The Morgan fingerprint density at radius 2 is 2.00 bits per heavy atom. The highest BCUT2D eigenvalue weighted by atomic mass is 16.3. The molecule has 0 rings (SSSR count). The normalized spacial score (nSPS) is 10.0. The van der Waals surface area contributed by atoms with Crippen molar-refractivity contribution >= 4 is 0 Å². The lowest BCUT2D eigenvalue weighted by molar-refractivity contribution is 0.171. The molecule has 11 heavy (non-hydrogen) atoms. The van der Waals surface area contributed by atoms with Crippen molar-refractivity contribution in [3.05, 3.63) is 0 Å². The van der Waals surface area contributed by atoms with Crippen LogP contribution in [0.4, 0.5) is 0 Å². The minimum absolute atomic E-state index is 0.0352. The average molecular weight is 157 g/mol. The zero-order valence-corrected chi connectivity index (χ0v) is 6.58. The third-order valence-electron chi connectivity index (χ3n) is 1.37. The van der Waals surface area contributed by atoms with Crippen LogP contribution < -0.4 is 5.32 Å². The number of rotatable bonds is 6. The van der Waals surface area contributed by atoms with E-state index in [1.165, 1.54) is 0 Å². The van der Waals surface area contributed by atoms with Crippen LogP contribution >= 0.6 is 0 Å². The van der Waals surface area contributed by atoms with E-state index in [2.05, 4.69) is 11.2 Å². The van der Waals surface area contributed by atoms with Gasteiger partial charge >= 0.3 is 0 Å². The maximum absolute atomic E-state index is 8.62. The standard InChI is InChI=1S/C8H15NO2/c1-2-3-4-5-9-8(6-10)7-11/h1,8-11H,3-7H2. The van der Waals surface area contributed by atoms with E-state index in [0.717, 1.165) is 19.4 Å². The predicted molar refractivity (Wildman–Crippen MR) is 44.0 cm³/mol. The molecular formula is C8H15NO2. The summed E-state index contributed by atoms with van der Waals surface area (Å²) in [7, 11) is 0. The predicted octanol–water partition coefficient (Wildman–Crippen LogP) is -0.657. The first-order valence-electron chi connectivity index (χ1n) is 3.73. The zero-order valence-electron chi connectivity index (χ0n) is 6.58. The van der Waals surface area contributed by atoms with Gasteiger partial charge in [0, 0.05) is 6.42 Å². The maximum Gasteiger partial charge on any atom is 0.0607 e. The molecule has 0 heterocycles. The summed E-state index contributed by atoms with van der Waals surface area (Å²) in [6.45, 7) is 0.676. The lowest BCUT2D eigenvalue weighted by atomic mass is 10.3. The first-order valence-corrected chi connectivity index (χ1v) is 3.73. The summed E-state index contributed by atoms with van der Waals surface area (Å²) in [5.74, 6) is 2.51. The molecule has 64 valence electrons. The lowest BCUT2D eigenvalue weighted by Crippen LogP contribution is -2.36. The fourth-order valence-electron chi connectivity index (χ4n) is 0.683. The van der Waals surface area contributed by atoms with E-state index in [0.29, 0.717) is 0 Å². The minimum atomic E-state index is -0.201. The monoisotopic (exact) mass is 157 g/mol. The average Bonchev–Trinajstić information content (AvgIpc) is 2.05. The molecule has 0 aromatic heterocycles. The molecule has 3 N–H and O–H groups in total. The Morgan fingerprint density at radius 3 is 2.45 bits per heavy atom. The Balaban J connectivity index is 3.16. The molecule has 0 aromatic carbocycles. The Kier molecular flexibility index (Phi) is 7.16. The zero-order chi connectivity index (χ0) is 8.53. The van der Waals surface area contributed by atoms with Gasteiger partial charge in [-0.05, 0) is 13.0 Å². The number of nitrogens with one attached hydrogen (secondary N) is 1. The second-order valence-corrected chi connectivity index (χ2v) is 2.32. The summed E-state index contributed by atoms with van der Waals surface area (Å²) >= 11 is 0. The Labute approximate surface area is 67.4 Å². The lowest BCUT2D eigenvalue weighted by Gasteiger charge is -2.11. The molecule has 3 nitrogen and oxygen atoms in total. The fourth-order valence-corrected chi connectivity index (χ4v) is 0.683. The Bertz CT molecular complexity index is 116. The molecule has 0 aliphatic carbocycles. The number of aliphatic hydroxyl groups excluding tert-OH is 2. The van der Waals surface area contributed by atoms with Crippen LogP contribution in [0.5, 0.6) is 0 Å². The van der Waals surface area contributed by atoms with Gasteiger partial charge in [0.15, 0.2) is 0 Å². The van der Waals surface area contributed by atoms with Gasteiger partial charge in [0.25, 0.3) is 0 Å². The Morgan fingerprint density at radius 1 is 1.36 bits per heavy atom. The number of hydrogen-bond donors (Lipinski definition) is 3. The molecule has 0 aromatic rings. The van der Waals surface area contributed by atoms with Gasteiger partial charge in [-0.3, -0.25) is 0 Å². The van der Waals surface area contributed by atoms with Gasteiger partial charge in [0.2, 0.25) is 0 Å². The van der Waals surface area contributed by atoms with Crippen LogP contribution in [0.1, 0.15) is 12.8 Å². The molecule has 0 aliphatic rings. The molecule has 0 spiro atoms. The van der Waals surface area contributed by atoms with Gasteiger partial charge in [-0.2, -0.15) is 0 Å². The van der Waals surface area contributed by atoms with Crippen LogP contribution in [0.25, 0.3) is 0 Å². The topological polar surface area (TPSA) is 52.5 Å². The fraction of sp³-hybridized carbons (Fsp3) is 0.750. The van der Waals surface area contributed by atoms with Crippen molar-refractivity contribution in [3.8, 4) is 12.3 Å². The van der Waals surface area contributed by atoms with Crippen molar-refractivity contribution in [2.45, 2.75) is 18.9 Å². The van der Waals surface area contributed by atoms with Crippen LogP contribution in [0.15, 0.2) is 0 Å². The summed E-state index contributed by atoms with van der Waals surface area (Å²) < 4.78 is 0. The van der Waals surface area contributed by atoms with Crippen molar-refractivity contribution < 1.29 is 10.2 Å². The summed E-state index contributed by atoms with van der Waals surface area (Å²) in [6.07, 6.45) is 6.65. The van der Waals surface area contributed by atoms with E-state index in [1.807, 2.05) is 0 Å². The number of terminal acetylenes is 1. The molecule has 0 amide bonds. The highest BCUT2D eigenvalue weighted by Gasteiger charge is 2.01. The van der Waals surface area contributed by atoms with Crippen molar-refractivity contribution in [2.75, 3.05) is 19.8 Å². The molecule has 0 saturated heterocycles. The van der Waals surface area contributed by atoms with Crippen molar-refractivity contribution in [3.63, 3.8) is 0 Å². The number of hydrogen-bond acceptors (Lipinski definition) is 3. The van der Waals surface area contributed by atoms with Crippen LogP contribution in [-0.2, 0) is 0 Å². The minimum Gasteiger partial charge on any atom is -0.395 e. The van der Waals surface area contributed by atoms with E-state index in [-0.39, 0.29) is 19.3 Å². The Hall–Kier alpha value is -0.560. The summed E-state index contributed by atoms with van der Waals surface area (Å²) in [6, 6.07) is -0.201. The molecule has 0 radical (unpaired) electrons. The molecule has 0 fully saturated rings. The van der Waals surface area contributed by atoms with E-state index >= 15 is 0 Å². The summed E-state index contributed by atoms with van der Waals surface area (Å²) in [4.78, 5) is 0. The second-order valence-electron chi connectivity index (χ2n) is 2.32. The maximum atomic E-state index is 8.62.